The first-order valence-corrected chi connectivity index (χ1v) is 14.9. The standard InChI is InChI=1S/C31H37F3N2O4S/c1-4-39-29(37)26-21(3)36-25(20-41-17-10-9-16-35-19-22-12-7-6-8-13-22)28(30(38)40-5-2)27(26)23-14-11-15-24(18-23)31(32,33)34/h6-8,11-15,18,27,35-36H,4-5,9-10,16-17,19-20H2,1-3H3. The van der Waals surface area contributed by atoms with Crippen molar-refractivity contribution in [2.45, 2.75) is 52.3 Å². The third kappa shape index (κ3) is 9.13. The Morgan fingerprint density at radius 2 is 1.63 bits per heavy atom. The highest BCUT2D eigenvalue weighted by molar-refractivity contribution is 7.99. The monoisotopic (exact) mass is 590 g/mol. The van der Waals surface area contributed by atoms with Crippen LogP contribution in [0.2, 0.25) is 0 Å². The van der Waals surface area contributed by atoms with Crippen LogP contribution in [0.3, 0.4) is 0 Å². The van der Waals surface area contributed by atoms with Crippen molar-refractivity contribution < 1.29 is 32.2 Å². The lowest BCUT2D eigenvalue weighted by Gasteiger charge is -2.31. The van der Waals surface area contributed by atoms with Gasteiger partial charge in [-0.05, 0) is 63.1 Å². The van der Waals surface area contributed by atoms with Gasteiger partial charge in [0.25, 0.3) is 0 Å². The van der Waals surface area contributed by atoms with Gasteiger partial charge < -0.3 is 20.1 Å². The second-order valence-corrected chi connectivity index (χ2v) is 10.6. The number of carbonyl (C=O) groups excluding carboxylic acids is 2. The van der Waals surface area contributed by atoms with E-state index in [1.807, 2.05) is 18.2 Å². The number of hydrogen-bond donors (Lipinski definition) is 2. The summed E-state index contributed by atoms with van der Waals surface area (Å²) in [4.78, 5) is 26.4. The molecule has 0 amide bonds. The predicted octanol–water partition coefficient (Wildman–Crippen LogP) is 6.35. The molecule has 0 bridgehead atoms. The van der Waals surface area contributed by atoms with Crippen LogP contribution in [0.5, 0.6) is 0 Å². The molecule has 2 aromatic rings. The lowest BCUT2D eigenvalue weighted by molar-refractivity contribution is -0.139. The van der Waals surface area contributed by atoms with E-state index in [1.54, 1.807) is 32.5 Å². The molecule has 10 heteroatoms. The van der Waals surface area contributed by atoms with Gasteiger partial charge in [-0.1, -0.05) is 48.5 Å². The van der Waals surface area contributed by atoms with E-state index in [1.165, 1.54) is 17.7 Å². The molecule has 0 radical (unpaired) electrons. The Morgan fingerprint density at radius 3 is 2.29 bits per heavy atom. The Kier molecular flexibility index (Phi) is 12.3. The summed E-state index contributed by atoms with van der Waals surface area (Å²) in [5.74, 6) is -1.24. The largest absolute Gasteiger partial charge is 0.463 e. The average molecular weight is 591 g/mol. The number of ether oxygens (including phenoxy) is 2. The normalized spacial score (nSPS) is 15.5. The zero-order valence-corrected chi connectivity index (χ0v) is 24.4. The molecule has 222 valence electrons. The first-order valence-electron chi connectivity index (χ1n) is 13.7. The smallest absolute Gasteiger partial charge is 0.416 e. The van der Waals surface area contributed by atoms with Crippen LogP contribution in [-0.4, -0.2) is 43.2 Å². The van der Waals surface area contributed by atoms with Gasteiger partial charge in [-0.2, -0.15) is 24.9 Å². The van der Waals surface area contributed by atoms with E-state index >= 15 is 0 Å². The van der Waals surface area contributed by atoms with Crippen molar-refractivity contribution in [1.82, 2.24) is 10.6 Å². The highest BCUT2D eigenvalue weighted by Crippen LogP contribution is 2.41. The Bertz CT molecular complexity index is 1250. The fourth-order valence-corrected chi connectivity index (χ4v) is 5.61. The number of rotatable bonds is 14. The van der Waals surface area contributed by atoms with Crippen molar-refractivity contribution in [2.75, 3.05) is 31.3 Å². The zero-order valence-electron chi connectivity index (χ0n) is 23.6. The third-order valence-corrected chi connectivity index (χ3v) is 7.56. The number of dihydropyridines is 1. The highest BCUT2D eigenvalue weighted by Gasteiger charge is 2.40. The number of carbonyl (C=O) groups is 2. The lowest BCUT2D eigenvalue weighted by Crippen LogP contribution is -2.34. The van der Waals surface area contributed by atoms with E-state index in [-0.39, 0.29) is 29.9 Å². The molecule has 0 fully saturated rings. The molecule has 1 aliphatic rings. The molecular formula is C31H37F3N2O4S. The minimum absolute atomic E-state index is 0.0749. The van der Waals surface area contributed by atoms with Gasteiger partial charge in [-0.15, -0.1) is 0 Å². The fourth-order valence-electron chi connectivity index (χ4n) is 4.62. The summed E-state index contributed by atoms with van der Waals surface area (Å²) in [6, 6.07) is 14.9. The lowest BCUT2D eigenvalue weighted by atomic mass is 9.80. The molecule has 0 saturated heterocycles. The van der Waals surface area contributed by atoms with Gasteiger partial charge in [0.05, 0.1) is 35.8 Å². The number of esters is 2. The number of thioether (sulfide) groups is 1. The SMILES string of the molecule is CCOC(=O)C1=C(C)NC(CSCCCCNCc2ccccc2)=C(C(=O)OCC)C1c1cccc(C(F)(F)F)c1. The molecule has 6 nitrogen and oxygen atoms in total. The topological polar surface area (TPSA) is 76.7 Å². The Labute approximate surface area is 243 Å². The first kappa shape index (κ1) is 32.3. The zero-order chi connectivity index (χ0) is 29.8. The van der Waals surface area contributed by atoms with Crippen molar-refractivity contribution >= 4 is 23.7 Å². The number of halogens is 3. The second kappa shape index (κ2) is 15.7. The molecule has 1 unspecified atom stereocenters. The first-order chi connectivity index (χ1) is 19.7. The molecule has 1 heterocycles. The number of unbranched alkanes of at least 4 members (excludes halogenated alkanes) is 1. The van der Waals surface area contributed by atoms with Crippen LogP contribution in [0.4, 0.5) is 13.2 Å². The van der Waals surface area contributed by atoms with E-state index in [0.717, 1.165) is 43.8 Å². The van der Waals surface area contributed by atoms with Crippen LogP contribution >= 0.6 is 11.8 Å². The maximum absolute atomic E-state index is 13.6. The van der Waals surface area contributed by atoms with E-state index in [4.69, 9.17) is 9.47 Å². The van der Waals surface area contributed by atoms with Gasteiger partial charge in [0.1, 0.15) is 0 Å². The van der Waals surface area contributed by atoms with Crippen LogP contribution in [-0.2, 0) is 31.8 Å². The quantitative estimate of drug-likeness (QED) is 0.196. The predicted molar refractivity (Wildman–Crippen MR) is 155 cm³/mol. The maximum Gasteiger partial charge on any atom is 0.416 e. The van der Waals surface area contributed by atoms with E-state index in [9.17, 15) is 22.8 Å². The summed E-state index contributed by atoms with van der Waals surface area (Å²) < 4.78 is 51.4. The molecule has 3 rings (SSSR count). The minimum atomic E-state index is -4.59. The van der Waals surface area contributed by atoms with E-state index in [2.05, 4.69) is 22.8 Å². The molecule has 41 heavy (non-hydrogen) atoms. The Morgan fingerprint density at radius 1 is 0.951 bits per heavy atom. The number of benzene rings is 2. The Hall–Kier alpha value is -3.24. The van der Waals surface area contributed by atoms with Crippen molar-refractivity contribution in [3.8, 4) is 0 Å². The van der Waals surface area contributed by atoms with Gasteiger partial charge in [0, 0.05) is 23.7 Å². The number of hydrogen-bond acceptors (Lipinski definition) is 7. The summed E-state index contributed by atoms with van der Waals surface area (Å²) in [6.45, 7) is 6.79. The second-order valence-electron chi connectivity index (χ2n) is 9.48. The minimum Gasteiger partial charge on any atom is -0.463 e. The average Bonchev–Trinajstić information content (AvgIpc) is 2.94. The van der Waals surface area contributed by atoms with Crippen molar-refractivity contribution in [3.05, 3.63) is 93.8 Å². The molecule has 0 saturated carbocycles. The summed E-state index contributed by atoms with van der Waals surface area (Å²) in [5, 5.41) is 6.60. The summed E-state index contributed by atoms with van der Waals surface area (Å²) >= 11 is 1.61. The number of allylic oxidation sites excluding steroid dienone is 1. The van der Waals surface area contributed by atoms with Crippen LogP contribution in [0.25, 0.3) is 0 Å². The van der Waals surface area contributed by atoms with Gasteiger partial charge in [-0.25, -0.2) is 9.59 Å². The Balaban J connectivity index is 1.80. The molecular weight excluding hydrogens is 553 g/mol. The summed E-state index contributed by atoms with van der Waals surface area (Å²) in [5.41, 5.74) is 1.69. The van der Waals surface area contributed by atoms with Gasteiger partial charge in [0.2, 0.25) is 0 Å². The van der Waals surface area contributed by atoms with Gasteiger partial charge >= 0.3 is 18.1 Å². The van der Waals surface area contributed by atoms with Crippen molar-refractivity contribution in [2.24, 2.45) is 0 Å². The molecule has 0 aliphatic carbocycles. The van der Waals surface area contributed by atoms with Crippen LogP contribution < -0.4 is 10.6 Å². The summed E-state index contributed by atoms with van der Waals surface area (Å²) in [6.07, 6.45) is -2.68. The van der Waals surface area contributed by atoms with Gasteiger partial charge in [0.15, 0.2) is 0 Å². The van der Waals surface area contributed by atoms with E-state index in [0.29, 0.717) is 17.1 Å². The number of nitrogens with one attached hydrogen (secondary N) is 2. The van der Waals surface area contributed by atoms with Crippen molar-refractivity contribution in [1.29, 1.82) is 0 Å². The van der Waals surface area contributed by atoms with Crippen LogP contribution in [0, 0.1) is 0 Å². The summed E-state index contributed by atoms with van der Waals surface area (Å²) in [7, 11) is 0. The van der Waals surface area contributed by atoms with Crippen LogP contribution in [0.15, 0.2) is 77.1 Å². The number of alkyl halides is 3. The highest BCUT2D eigenvalue weighted by atomic mass is 32.2. The van der Waals surface area contributed by atoms with E-state index < -0.39 is 29.6 Å². The van der Waals surface area contributed by atoms with Crippen LogP contribution in [0.1, 0.15) is 56.2 Å². The molecule has 0 spiro atoms. The molecule has 2 aromatic carbocycles. The van der Waals surface area contributed by atoms with Gasteiger partial charge in [-0.3, -0.25) is 0 Å². The maximum atomic E-state index is 13.6. The van der Waals surface area contributed by atoms with Crippen molar-refractivity contribution in [3.63, 3.8) is 0 Å². The fraction of sp³-hybridized carbons (Fsp3) is 0.419. The third-order valence-electron chi connectivity index (χ3n) is 6.49. The molecule has 0 aromatic heterocycles. The molecule has 1 aliphatic heterocycles. The molecule has 2 N–H and O–H groups in total. The molecule has 1 atom stereocenters.